The van der Waals surface area contributed by atoms with Crippen molar-refractivity contribution in [2.75, 3.05) is 0 Å². The van der Waals surface area contributed by atoms with Crippen LogP contribution >= 0.6 is 0 Å². The summed E-state index contributed by atoms with van der Waals surface area (Å²) in [5.41, 5.74) is 0.787. The Kier molecular flexibility index (Phi) is 3.11. The molecule has 112 valence electrons. The molecule has 1 aliphatic rings. The number of hydrogen-bond acceptors (Lipinski definition) is 3. The normalized spacial score (nSPS) is 17.0. The van der Waals surface area contributed by atoms with Crippen molar-refractivity contribution in [3.05, 3.63) is 23.7 Å². The molecule has 2 aromatic heterocycles. The predicted octanol–water partition coefficient (Wildman–Crippen LogP) is 2.34. The van der Waals surface area contributed by atoms with Gasteiger partial charge in [0.15, 0.2) is 5.65 Å². The molecular formula is C13H13F3N4O. The fourth-order valence-corrected chi connectivity index (χ4v) is 2.33. The van der Waals surface area contributed by atoms with Gasteiger partial charge in [0.05, 0.1) is 11.1 Å². The molecule has 1 fully saturated rings. The molecule has 3 rings (SSSR count). The lowest BCUT2D eigenvalue weighted by atomic mass is 10.1. The summed E-state index contributed by atoms with van der Waals surface area (Å²) in [5.74, 6) is -0.734. The van der Waals surface area contributed by atoms with Gasteiger partial charge in [-0.05, 0) is 31.7 Å². The number of pyridine rings is 1. The third kappa shape index (κ3) is 2.70. The highest BCUT2D eigenvalue weighted by molar-refractivity contribution is 6.04. The maximum atomic E-state index is 13.0. The third-order valence-corrected chi connectivity index (χ3v) is 3.49. The summed E-state index contributed by atoms with van der Waals surface area (Å²) >= 11 is 0. The highest BCUT2D eigenvalue weighted by Gasteiger charge is 2.49. The zero-order valence-corrected chi connectivity index (χ0v) is 11.2. The second kappa shape index (κ2) is 4.71. The molecule has 8 heteroatoms. The Balaban J connectivity index is 1.90. The minimum Gasteiger partial charge on any atom is -0.340 e. The fraction of sp³-hybridized carbons (Fsp3) is 0.462. The number of nitrogens with one attached hydrogen (secondary N) is 2. The van der Waals surface area contributed by atoms with E-state index >= 15 is 0 Å². The van der Waals surface area contributed by atoms with Crippen molar-refractivity contribution < 1.29 is 18.0 Å². The standard InChI is InChI=1S/C13H13F3N4O/c1-6-18-9-8(4-5-17-11(9)19-6)12(21)20-10(7-2-3-7)13(14,15)16/h4-5,7,10H,2-3H2,1H3,(H,20,21)(H,17,18,19). The molecule has 2 N–H and O–H groups in total. The topological polar surface area (TPSA) is 70.7 Å². The number of carbonyl (C=O) groups is 1. The van der Waals surface area contributed by atoms with E-state index in [0.29, 0.717) is 29.8 Å². The summed E-state index contributed by atoms with van der Waals surface area (Å²) in [6.45, 7) is 1.69. The summed E-state index contributed by atoms with van der Waals surface area (Å²) < 4.78 is 38.9. The van der Waals surface area contributed by atoms with Crippen molar-refractivity contribution in [2.24, 2.45) is 5.92 Å². The SMILES string of the molecule is Cc1nc2nccc(C(=O)NC(C3CC3)C(F)(F)F)c2[nH]1. The Morgan fingerprint density at radius 3 is 2.81 bits per heavy atom. The van der Waals surface area contributed by atoms with Gasteiger partial charge in [-0.2, -0.15) is 13.2 Å². The van der Waals surface area contributed by atoms with Crippen LogP contribution in [-0.2, 0) is 0 Å². The maximum absolute atomic E-state index is 13.0. The number of aromatic amines is 1. The Bertz CT molecular complexity index is 690. The molecule has 1 atom stereocenters. The summed E-state index contributed by atoms with van der Waals surface area (Å²) in [5, 5.41) is 2.10. The molecule has 0 aliphatic heterocycles. The van der Waals surface area contributed by atoms with Gasteiger partial charge in [-0.3, -0.25) is 4.79 Å². The number of H-pyrrole nitrogens is 1. The van der Waals surface area contributed by atoms with Crippen LogP contribution in [0.2, 0.25) is 0 Å². The van der Waals surface area contributed by atoms with Gasteiger partial charge in [0.1, 0.15) is 11.9 Å². The number of fused-ring (bicyclic) bond motifs is 1. The molecule has 5 nitrogen and oxygen atoms in total. The van der Waals surface area contributed by atoms with Crippen LogP contribution in [0.4, 0.5) is 13.2 Å². The number of nitrogens with zero attached hydrogens (tertiary/aromatic N) is 2. The molecule has 0 bridgehead atoms. The van der Waals surface area contributed by atoms with Crippen molar-refractivity contribution in [2.45, 2.75) is 32.0 Å². The Labute approximate surface area is 118 Å². The first-order valence-corrected chi connectivity index (χ1v) is 6.55. The van der Waals surface area contributed by atoms with Crippen molar-refractivity contribution in [1.29, 1.82) is 0 Å². The van der Waals surface area contributed by atoms with Crippen LogP contribution in [0, 0.1) is 12.8 Å². The first-order chi connectivity index (χ1) is 9.86. The van der Waals surface area contributed by atoms with Gasteiger partial charge >= 0.3 is 6.18 Å². The summed E-state index contributed by atoms with van der Waals surface area (Å²) in [6.07, 6.45) is -2.11. The van der Waals surface area contributed by atoms with Gasteiger partial charge < -0.3 is 10.3 Å². The highest BCUT2D eigenvalue weighted by atomic mass is 19.4. The van der Waals surface area contributed by atoms with Gasteiger partial charge in [0.2, 0.25) is 0 Å². The van der Waals surface area contributed by atoms with Crippen LogP contribution in [0.15, 0.2) is 12.3 Å². The number of imidazole rings is 1. The van der Waals surface area contributed by atoms with Crippen LogP contribution < -0.4 is 5.32 Å². The number of alkyl halides is 3. The lowest BCUT2D eigenvalue weighted by Gasteiger charge is -2.21. The Morgan fingerprint density at radius 1 is 1.48 bits per heavy atom. The van der Waals surface area contributed by atoms with Crippen molar-refractivity contribution in [3.63, 3.8) is 0 Å². The van der Waals surface area contributed by atoms with Gasteiger partial charge in [-0.15, -0.1) is 0 Å². The van der Waals surface area contributed by atoms with Crippen LogP contribution in [0.1, 0.15) is 29.0 Å². The number of rotatable bonds is 3. The zero-order valence-electron chi connectivity index (χ0n) is 11.2. The molecule has 0 aromatic carbocycles. The van der Waals surface area contributed by atoms with Crippen LogP contribution in [0.25, 0.3) is 11.2 Å². The predicted molar refractivity (Wildman–Crippen MR) is 68.7 cm³/mol. The average molecular weight is 298 g/mol. The number of carbonyl (C=O) groups excluding carboxylic acids is 1. The lowest BCUT2D eigenvalue weighted by molar-refractivity contribution is -0.158. The molecule has 1 saturated carbocycles. The number of amides is 1. The second-order valence-electron chi connectivity index (χ2n) is 5.21. The summed E-state index contributed by atoms with van der Waals surface area (Å²) in [4.78, 5) is 23.1. The minimum absolute atomic E-state index is 0.121. The van der Waals surface area contributed by atoms with E-state index in [1.54, 1.807) is 6.92 Å². The van der Waals surface area contributed by atoms with Gasteiger partial charge in [0, 0.05) is 6.20 Å². The molecule has 0 saturated heterocycles. The number of hydrogen-bond donors (Lipinski definition) is 2. The molecule has 21 heavy (non-hydrogen) atoms. The first-order valence-electron chi connectivity index (χ1n) is 6.55. The quantitative estimate of drug-likeness (QED) is 0.913. The van der Waals surface area contributed by atoms with E-state index in [2.05, 4.69) is 20.3 Å². The van der Waals surface area contributed by atoms with E-state index in [1.807, 2.05) is 0 Å². The first kappa shape index (κ1) is 13.8. The third-order valence-electron chi connectivity index (χ3n) is 3.49. The van der Waals surface area contributed by atoms with Crippen LogP contribution in [0.5, 0.6) is 0 Å². The van der Waals surface area contributed by atoms with E-state index in [-0.39, 0.29) is 5.56 Å². The average Bonchev–Trinajstić information content (AvgIpc) is 3.14. The van der Waals surface area contributed by atoms with Crippen molar-refractivity contribution >= 4 is 17.1 Å². The second-order valence-corrected chi connectivity index (χ2v) is 5.21. The summed E-state index contributed by atoms with van der Waals surface area (Å²) in [6, 6.07) is -0.410. The summed E-state index contributed by atoms with van der Waals surface area (Å²) in [7, 11) is 0. The molecular weight excluding hydrogens is 285 g/mol. The lowest BCUT2D eigenvalue weighted by Crippen LogP contribution is -2.47. The van der Waals surface area contributed by atoms with E-state index in [1.165, 1.54) is 12.3 Å². The van der Waals surface area contributed by atoms with Gasteiger partial charge in [-0.25, -0.2) is 9.97 Å². The minimum atomic E-state index is -4.44. The Hall–Kier alpha value is -2.12. The van der Waals surface area contributed by atoms with Crippen molar-refractivity contribution in [3.8, 4) is 0 Å². The zero-order chi connectivity index (χ0) is 15.2. The van der Waals surface area contributed by atoms with Crippen molar-refractivity contribution in [1.82, 2.24) is 20.3 Å². The van der Waals surface area contributed by atoms with Crippen LogP contribution in [0.3, 0.4) is 0 Å². The number of aromatic nitrogens is 3. The van der Waals surface area contributed by atoms with Gasteiger partial charge in [-0.1, -0.05) is 0 Å². The van der Waals surface area contributed by atoms with E-state index in [4.69, 9.17) is 0 Å². The number of aryl methyl sites for hydroxylation is 1. The smallest absolute Gasteiger partial charge is 0.340 e. The highest BCUT2D eigenvalue weighted by Crippen LogP contribution is 2.40. The molecule has 1 unspecified atom stereocenters. The largest absolute Gasteiger partial charge is 0.408 e. The van der Waals surface area contributed by atoms with E-state index < -0.39 is 24.0 Å². The monoisotopic (exact) mass is 298 g/mol. The van der Waals surface area contributed by atoms with Crippen LogP contribution in [-0.4, -0.2) is 33.1 Å². The van der Waals surface area contributed by atoms with Gasteiger partial charge in [0.25, 0.3) is 5.91 Å². The van der Waals surface area contributed by atoms with E-state index in [9.17, 15) is 18.0 Å². The molecule has 1 amide bonds. The fourth-order valence-electron chi connectivity index (χ4n) is 2.33. The Morgan fingerprint density at radius 2 is 2.19 bits per heavy atom. The number of halogens is 3. The molecule has 2 heterocycles. The molecule has 1 aliphatic carbocycles. The van der Waals surface area contributed by atoms with E-state index in [0.717, 1.165) is 0 Å². The molecule has 2 aromatic rings. The maximum Gasteiger partial charge on any atom is 0.408 e. The molecule has 0 radical (unpaired) electrons. The molecule has 0 spiro atoms.